The Kier molecular flexibility index (Phi) is 15.5. The maximum atomic E-state index is 13.8. The molecule has 4 N–H and O–H groups in total. The maximum absolute atomic E-state index is 13.8. The Morgan fingerprint density at radius 2 is 1.52 bits per heavy atom. The number of allylic oxidation sites excluding steroid dienone is 1. The van der Waals surface area contributed by atoms with E-state index in [9.17, 15) is 45.0 Å². The fourth-order valence-electron chi connectivity index (χ4n) is 4.33. The summed E-state index contributed by atoms with van der Waals surface area (Å²) >= 11 is 0. The second-order valence-corrected chi connectivity index (χ2v) is 10.5. The van der Waals surface area contributed by atoms with Gasteiger partial charge < -0.3 is 25.6 Å². The zero-order valence-corrected chi connectivity index (χ0v) is 25.4. The van der Waals surface area contributed by atoms with Gasteiger partial charge in [-0.1, -0.05) is 42.5 Å². The molecular weight excluding hydrogens is 656 g/mol. The summed E-state index contributed by atoms with van der Waals surface area (Å²) < 4.78 is 105. The largest absolute Gasteiger partial charge is 0.490 e. The van der Waals surface area contributed by atoms with Crippen LogP contribution >= 0.6 is 0 Å². The molecule has 0 aliphatic carbocycles. The molecule has 0 unspecified atom stereocenters. The molecule has 262 valence electrons. The van der Waals surface area contributed by atoms with Gasteiger partial charge in [-0.25, -0.2) is 18.4 Å². The van der Waals surface area contributed by atoms with Crippen LogP contribution in [-0.2, 0) is 41.7 Å². The number of halogens is 8. The van der Waals surface area contributed by atoms with Crippen LogP contribution in [0.4, 0.5) is 39.9 Å². The van der Waals surface area contributed by atoms with E-state index in [2.05, 4.69) is 17.2 Å². The number of amides is 1. The number of benzene rings is 3. The van der Waals surface area contributed by atoms with Crippen LogP contribution in [0.5, 0.6) is 0 Å². The molecule has 0 saturated carbocycles. The SMILES string of the molecule is C=CCCCc1ccc(C(F)(F)F)cc1CNC[C@@H](O)[C@H](Cc1cc(F)cc(F)c1)NC(=O)OCc1ccccc1.O=C(O)C(F)(F)F. The molecule has 0 aliphatic heterocycles. The monoisotopic (exact) mass is 690 g/mol. The third-order valence-electron chi connectivity index (χ3n) is 6.66. The van der Waals surface area contributed by atoms with Crippen LogP contribution in [-0.4, -0.2) is 47.1 Å². The summed E-state index contributed by atoms with van der Waals surface area (Å²) in [6.45, 7) is 3.51. The lowest BCUT2D eigenvalue weighted by atomic mass is 9.98. The third kappa shape index (κ3) is 14.5. The van der Waals surface area contributed by atoms with Crippen molar-refractivity contribution in [2.45, 2.75) is 63.3 Å². The molecule has 0 bridgehead atoms. The Morgan fingerprint density at radius 1 is 0.896 bits per heavy atom. The fraction of sp³-hybridized carbons (Fsp3) is 0.333. The lowest BCUT2D eigenvalue weighted by molar-refractivity contribution is -0.192. The summed E-state index contributed by atoms with van der Waals surface area (Å²) in [4.78, 5) is 21.4. The van der Waals surface area contributed by atoms with Crippen molar-refractivity contribution in [3.05, 3.63) is 119 Å². The van der Waals surface area contributed by atoms with Gasteiger partial charge in [0.15, 0.2) is 0 Å². The van der Waals surface area contributed by atoms with Gasteiger partial charge in [-0.05, 0) is 72.2 Å². The van der Waals surface area contributed by atoms with Gasteiger partial charge in [-0.15, -0.1) is 6.58 Å². The number of carboxylic acids is 1. The number of aliphatic hydroxyl groups excluding tert-OH is 1. The fourth-order valence-corrected chi connectivity index (χ4v) is 4.33. The number of carboxylic acid groups (broad SMARTS) is 1. The number of carbonyl (C=O) groups is 2. The first-order valence-corrected chi connectivity index (χ1v) is 14.4. The standard InChI is InChI=1S/C31H33F5N2O3.C2HF3O2/c1-2-3-5-10-23-11-12-25(31(34,35)36)16-24(23)18-37-19-29(39)28(15-22-13-26(32)17-27(33)14-22)38-30(40)41-20-21-8-6-4-7-9-21;3-2(4,5)1(6)7/h2,4,6-9,11-14,16-17,28-29,37,39H,1,3,5,10,15,18-20H2,(H,38,40);(H,6,7)/t28-,29+;/m0./s1. The molecular formula is C33H34F8N2O5. The molecule has 3 rings (SSSR count). The number of aliphatic hydroxyl groups is 1. The van der Waals surface area contributed by atoms with Crippen molar-refractivity contribution in [3.63, 3.8) is 0 Å². The van der Waals surface area contributed by atoms with Gasteiger partial charge in [-0.3, -0.25) is 0 Å². The Morgan fingerprint density at radius 3 is 2.08 bits per heavy atom. The highest BCUT2D eigenvalue weighted by molar-refractivity contribution is 5.73. The van der Waals surface area contributed by atoms with E-state index >= 15 is 0 Å². The summed E-state index contributed by atoms with van der Waals surface area (Å²) in [6.07, 6.45) is -8.14. The normalized spacial score (nSPS) is 12.7. The van der Waals surface area contributed by atoms with Crippen molar-refractivity contribution in [2.24, 2.45) is 0 Å². The van der Waals surface area contributed by atoms with Crippen LogP contribution in [0.15, 0.2) is 79.4 Å². The zero-order chi connectivity index (χ0) is 35.9. The lowest BCUT2D eigenvalue weighted by Gasteiger charge is -2.25. The highest BCUT2D eigenvalue weighted by Crippen LogP contribution is 2.31. The van der Waals surface area contributed by atoms with E-state index in [1.54, 1.807) is 30.3 Å². The van der Waals surface area contributed by atoms with Gasteiger partial charge in [0.25, 0.3) is 0 Å². The number of nitrogens with one attached hydrogen (secondary N) is 2. The molecule has 0 aromatic heterocycles. The van der Waals surface area contributed by atoms with Gasteiger partial charge in [0.2, 0.25) is 0 Å². The molecule has 1 amide bonds. The van der Waals surface area contributed by atoms with Crippen molar-refractivity contribution in [1.82, 2.24) is 10.6 Å². The van der Waals surface area contributed by atoms with E-state index in [0.717, 1.165) is 35.4 Å². The van der Waals surface area contributed by atoms with E-state index in [1.807, 2.05) is 6.07 Å². The smallest absolute Gasteiger partial charge is 0.475 e. The van der Waals surface area contributed by atoms with Gasteiger partial charge in [0.05, 0.1) is 17.7 Å². The van der Waals surface area contributed by atoms with Gasteiger partial charge >= 0.3 is 24.4 Å². The Labute approximate surface area is 271 Å². The molecule has 0 fully saturated rings. The number of ether oxygens (including phenoxy) is 1. The first-order valence-electron chi connectivity index (χ1n) is 14.4. The molecule has 15 heteroatoms. The first-order chi connectivity index (χ1) is 22.5. The second-order valence-electron chi connectivity index (χ2n) is 10.5. The molecule has 0 saturated heterocycles. The topological polar surface area (TPSA) is 108 Å². The molecule has 3 aromatic rings. The van der Waals surface area contributed by atoms with Crippen LogP contribution in [0, 0.1) is 11.6 Å². The minimum Gasteiger partial charge on any atom is -0.475 e. The van der Waals surface area contributed by atoms with E-state index in [0.29, 0.717) is 30.9 Å². The lowest BCUT2D eigenvalue weighted by Crippen LogP contribution is -2.48. The van der Waals surface area contributed by atoms with E-state index in [4.69, 9.17) is 14.6 Å². The van der Waals surface area contributed by atoms with Crippen LogP contribution < -0.4 is 10.6 Å². The summed E-state index contributed by atoms with van der Waals surface area (Å²) in [6, 6.07) is 14.3. The number of carbonyl (C=O) groups excluding carboxylic acids is 1. The highest BCUT2D eigenvalue weighted by Gasteiger charge is 2.38. The van der Waals surface area contributed by atoms with Crippen LogP contribution in [0.3, 0.4) is 0 Å². The van der Waals surface area contributed by atoms with E-state index in [1.165, 1.54) is 6.07 Å². The molecule has 0 radical (unpaired) electrons. The minimum atomic E-state index is -5.08. The number of hydrogen-bond donors (Lipinski definition) is 4. The van der Waals surface area contributed by atoms with Crippen molar-refractivity contribution < 1.29 is 59.7 Å². The number of unbranched alkanes of at least 4 members (excludes halogenated alkanes) is 1. The predicted octanol–water partition coefficient (Wildman–Crippen LogP) is 7.11. The van der Waals surface area contributed by atoms with Crippen molar-refractivity contribution in [2.75, 3.05) is 6.54 Å². The van der Waals surface area contributed by atoms with Crippen LogP contribution in [0.25, 0.3) is 0 Å². The number of hydrogen-bond acceptors (Lipinski definition) is 5. The van der Waals surface area contributed by atoms with Crippen LogP contribution in [0.1, 0.15) is 40.7 Å². The average molecular weight is 691 g/mol. The summed E-state index contributed by atoms with van der Waals surface area (Å²) in [5.74, 6) is -4.38. The van der Waals surface area contributed by atoms with Crippen LogP contribution in [0.2, 0.25) is 0 Å². The summed E-state index contributed by atoms with van der Waals surface area (Å²) in [7, 11) is 0. The zero-order valence-electron chi connectivity index (χ0n) is 25.4. The molecule has 7 nitrogen and oxygen atoms in total. The van der Waals surface area contributed by atoms with Gasteiger partial charge in [0.1, 0.15) is 18.2 Å². The Balaban J connectivity index is 0.00000103. The number of alkyl carbamates (subject to hydrolysis) is 1. The number of aliphatic carboxylic acids is 1. The molecule has 3 aromatic carbocycles. The molecule has 0 spiro atoms. The average Bonchev–Trinajstić information content (AvgIpc) is 2.99. The quantitative estimate of drug-likeness (QED) is 0.0816. The van der Waals surface area contributed by atoms with Crippen molar-refractivity contribution in [3.8, 4) is 0 Å². The first kappa shape index (κ1) is 39.7. The van der Waals surface area contributed by atoms with Crippen molar-refractivity contribution >= 4 is 12.1 Å². The number of aryl methyl sites for hydroxylation is 1. The highest BCUT2D eigenvalue weighted by atomic mass is 19.4. The van der Waals surface area contributed by atoms with Gasteiger partial charge in [0, 0.05) is 19.2 Å². The minimum absolute atomic E-state index is 0.0180. The van der Waals surface area contributed by atoms with Gasteiger partial charge in [-0.2, -0.15) is 26.3 Å². The Bertz CT molecular complexity index is 1460. The molecule has 2 atom stereocenters. The second kappa shape index (κ2) is 18.7. The molecule has 48 heavy (non-hydrogen) atoms. The summed E-state index contributed by atoms with van der Waals surface area (Å²) in [5.41, 5.74) is 1.30. The Hall–Kier alpha value is -4.50. The predicted molar refractivity (Wildman–Crippen MR) is 160 cm³/mol. The maximum Gasteiger partial charge on any atom is 0.490 e. The summed E-state index contributed by atoms with van der Waals surface area (Å²) in [5, 5.41) is 23.6. The van der Waals surface area contributed by atoms with E-state index < -0.39 is 53.8 Å². The molecule has 0 heterocycles. The third-order valence-corrected chi connectivity index (χ3v) is 6.66. The van der Waals surface area contributed by atoms with E-state index in [-0.39, 0.29) is 31.7 Å². The number of rotatable bonds is 14. The molecule has 0 aliphatic rings. The van der Waals surface area contributed by atoms with Crippen molar-refractivity contribution in [1.29, 1.82) is 0 Å². The number of alkyl halides is 6.